The highest BCUT2D eigenvalue weighted by molar-refractivity contribution is 6.36. The molecule has 2 heterocycles. The minimum absolute atomic E-state index is 0.0568. The molecule has 0 spiro atoms. The predicted octanol–water partition coefficient (Wildman–Crippen LogP) is 3.05. The fourth-order valence-electron chi connectivity index (χ4n) is 2.89. The van der Waals surface area contributed by atoms with Gasteiger partial charge in [0.1, 0.15) is 11.9 Å². The SMILES string of the molecule is Cc1ccc(C(N)C(=O)N2CCN(c3ncc(Cl)cc3Cl)CC2)cc1. The molecule has 0 aliphatic carbocycles. The van der Waals surface area contributed by atoms with Gasteiger partial charge in [0.15, 0.2) is 0 Å². The third-order valence-electron chi connectivity index (χ3n) is 4.38. The Morgan fingerprint density at radius 3 is 2.40 bits per heavy atom. The third kappa shape index (κ3) is 4.06. The molecule has 1 saturated heterocycles. The number of amides is 1. The number of carbonyl (C=O) groups excluding carboxylic acids is 1. The van der Waals surface area contributed by atoms with Crippen molar-refractivity contribution in [2.24, 2.45) is 5.73 Å². The van der Waals surface area contributed by atoms with E-state index in [1.54, 1.807) is 17.2 Å². The molecule has 1 fully saturated rings. The van der Waals surface area contributed by atoms with Gasteiger partial charge in [-0.15, -0.1) is 0 Å². The van der Waals surface area contributed by atoms with Crippen molar-refractivity contribution in [3.8, 4) is 0 Å². The molecule has 132 valence electrons. The summed E-state index contributed by atoms with van der Waals surface area (Å²) in [6, 6.07) is 8.79. The average Bonchev–Trinajstić information content (AvgIpc) is 2.61. The molecule has 2 aromatic rings. The molecule has 1 unspecified atom stereocenters. The molecule has 2 N–H and O–H groups in total. The van der Waals surface area contributed by atoms with Crippen LogP contribution in [0.25, 0.3) is 0 Å². The van der Waals surface area contributed by atoms with E-state index in [9.17, 15) is 4.79 Å². The van der Waals surface area contributed by atoms with Crippen LogP contribution < -0.4 is 10.6 Å². The van der Waals surface area contributed by atoms with E-state index in [-0.39, 0.29) is 5.91 Å². The molecule has 1 aliphatic heterocycles. The highest BCUT2D eigenvalue weighted by Gasteiger charge is 2.27. The molecule has 7 heteroatoms. The van der Waals surface area contributed by atoms with Crippen LogP contribution in [0.4, 0.5) is 5.82 Å². The zero-order chi connectivity index (χ0) is 18.0. The second kappa shape index (κ2) is 7.60. The van der Waals surface area contributed by atoms with Gasteiger partial charge in [0.05, 0.1) is 10.0 Å². The summed E-state index contributed by atoms with van der Waals surface area (Å²) in [4.78, 5) is 20.8. The minimum Gasteiger partial charge on any atom is -0.352 e. The standard InChI is InChI=1S/C18H20Cl2N4O/c1-12-2-4-13(5-3-12)16(21)18(25)24-8-6-23(7-9-24)17-15(20)10-14(19)11-22-17/h2-5,10-11,16H,6-9,21H2,1H3. The maximum absolute atomic E-state index is 12.7. The first-order chi connectivity index (χ1) is 12.0. The van der Waals surface area contributed by atoms with E-state index in [0.29, 0.717) is 42.0 Å². The largest absolute Gasteiger partial charge is 0.352 e. The van der Waals surface area contributed by atoms with Gasteiger partial charge in [-0.05, 0) is 18.6 Å². The molecule has 5 nitrogen and oxygen atoms in total. The summed E-state index contributed by atoms with van der Waals surface area (Å²) in [5.74, 6) is 0.639. The van der Waals surface area contributed by atoms with E-state index in [4.69, 9.17) is 28.9 Å². The van der Waals surface area contributed by atoms with Crippen LogP contribution in [0, 0.1) is 6.92 Å². The molecule has 1 aromatic carbocycles. The summed E-state index contributed by atoms with van der Waals surface area (Å²) < 4.78 is 0. The van der Waals surface area contributed by atoms with Crippen LogP contribution in [0.2, 0.25) is 10.0 Å². The van der Waals surface area contributed by atoms with Gasteiger partial charge in [-0.25, -0.2) is 4.98 Å². The second-order valence-electron chi connectivity index (χ2n) is 6.16. The van der Waals surface area contributed by atoms with Crippen LogP contribution in [-0.2, 0) is 4.79 Å². The number of nitrogens with zero attached hydrogens (tertiary/aromatic N) is 3. The van der Waals surface area contributed by atoms with Gasteiger partial charge in [-0.3, -0.25) is 4.79 Å². The maximum atomic E-state index is 12.7. The summed E-state index contributed by atoms with van der Waals surface area (Å²) in [7, 11) is 0. The summed E-state index contributed by atoms with van der Waals surface area (Å²) in [6.07, 6.45) is 1.58. The quantitative estimate of drug-likeness (QED) is 0.891. The average molecular weight is 379 g/mol. The van der Waals surface area contributed by atoms with Crippen LogP contribution in [0.5, 0.6) is 0 Å². The number of piperazine rings is 1. The van der Waals surface area contributed by atoms with Crippen molar-refractivity contribution < 1.29 is 4.79 Å². The Morgan fingerprint density at radius 1 is 1.16 bits per heavy atom. The van der Waals surface area contributed by atoms with Crippen molar-refractivity contribution in [1.82, 2.24) is 9.88 Å². The van der Waals surface area contributed by atoms with Crippen molar-refractivity contribution >= 4 is 34.9 Å². The lowest BCUT2D eigenvalue weighted by Gasteiger charge is -2.36. The van der Waals surface area contributed by atoms with Gasteiger partial charge in [0, 0.05) is 32.4 Å². The molecular formula is C18H20Cl2N4O. The van der Waals surface area contributed by atoms with Gasteiger partial charge in [-0.2, -0.15) is 0 Å². The van der Waals surface area contributed by atoms with E-state index in [0.717, 1.165) is 11.1 Å². The van der Waals surface area contributed by atoms with Crippen LogP contribution in [0.15, 0.2) is 36.5 Å². The third-order valence-corrected chi connectivity index (χ3v) is 4.87. The van der Waals surface area contributed by atoms with Gasteiger partial charge in [0.25, 0.3) is 0 Å². The van der Waals surface area contributed by atoms with Crippen LogP contribution in [0.3, 0.4) is 0 Å². The zero-order valence-corrected chi connectivity index (χ0v) is 15.5. The number of benzene rings is 1. The predicted molar refractivity (Wildman–Crippen MR) is 101 cm³/mol. The monoisotopic (exact) mass is 378 g/mol. The first-order valence-electron chi connectivity index (χ1n) is 8.12. The number of hydrogen-bond donors (Lipinski definition) is 1. The summed E-state index contributed by atoms with van der Waals surface area (Å²) in [5.41, 5.74) is 8.13. The van der Waals surface area contributed by atoms with E-state index in [2.05, 4.69) is 9.88 Å². The summed E-state index contributed by atoms with van der Waals surface area (Å²) in [6.45, 7) is 4.48. The Kier molecular flexibility index (Phi) is 5.47. The molecule has 1 amide bonds. The fourth-order valence-corrected chi connectivity index (χ4v) is 3.39. The molecule has 0 bridgehead atoms. The number of aromatic nitrogens is 1. The van der Waals surface area contributed by atoms with Crippen molar-refractivity contribution in [2.75, 3.05) is 31.1 Å². The highest BCUT2D eigenvalue weighted by atomic mass is 35.5. The number of halogens is 2. The molecule has 0 saturated carbocycles. The second-order valence-corrected chi connectivity index (χ2v) is 7.00. The lowest BCUT2D eigenvalue weighted by molar-refractivity contribution is -0.133. The molecule has 1 aliphatic rings. The Hall–Kier alpha value is -1.82. The lowest BCUT2D eigenvalue weighted by Crippen LogP contribution is -2.51. The Morgan fingerprint density at radius 2 is 1.80 bits per heavy atom. The van der Waals surface area contributed by atoms with Crippen molar-refractivity contribution in [3.63, 3.8) is 0 Å². The molecule has 0 radical (unpaired) electrons. The Balaban J connectivity index is 1.63. The van der Waals surface area contributed by atoms with Crippen molar-refractivity contribution in [1.29, 1.82) is 0 Å². The number of hydrogen-bond acceptors (Lipinski definition) is 4. The van der Waals surface area contributed by atoms with Crippen molar-refractivity contribution in [2.45, 2.75) is 13.0 Å². The number of pyridine rings is 1. The summed E-state index contributed by atoms with van der Waals surface area (Å²) in [5, 5.41) is 1.02. The van der Waals surface area contributed by atoms with Crippen LogP contribution in [-0.4, -0.2) is 42.0 Å². The molecule has 1 aromatic heterocycles. The minimum atomic E-state index is -0.635. The van der Waals surface area contributed by atoms with Crippen LogP contribution in [0.1, 0.15) is 17.2 Å². The Bertz CT molecular complexity index is 758. The first kappa shape index (κ1) is 18.0. The normalized spacial score (nSPS) is 16.0. The van der Waals surface area contributed by atoms with E-state index < -0.39 is 6.04 Å². The van der Waals surface area contributed by atoms with Gasteiger partial charge in [-0.1, -0.05) is 53.0 Å². The van der Waals surface area contributed by atoms with Gasteiger partial charge >= 0.3 is 0 Å². The topological polar surface area (TPSA) is 62.5 Å². The number of anilines is 1. The van der Waals surface area contributed by atoms with Crippen LogP contribution >= 0.6 is 23.2 Å². The fraction of sp³-hybridized carbons (Fsp3) is 0.333. The lowest BCUT2D eigenvalue weighted by atomic mass is 10.0. The number of nitrogens with two attached hydrogens (primary N) is 1. The highest BCUT2D eigenvalue weighted by Crippen LogP contribution is 2.27. The number of carbonyl (C=O) groups is 1. The smallest absolute Gasteiger partial charge is 0.244 e. The van der Waals surface area contributed by atoms with Gasteiger partial charge in [0.2, 0.25) is 5.91 Å². The molecule has 25 heavy (non-hydrogen) atoms. The summed E-state index contributed by atoms with van der Waals surface area (Å²) >= 11 is 12.1. The maximum Gasteiger partial charge on any atom is 0.244 e. The zero-order valence-electron chi connectivity index (χ0n) is 14.0. The van der Waals surface area contributed by atoms with Crippen molar-refractivity contribution in [3.05, 3.63) is 57.7 Å². The van der Waals surface area contributed by atoms with E-state index >= 15 is 0 Å². The molecule has 1 atom stereocenters. The van der Waals surface area contributed by atoms with Gasteiger partial charge < -0.3 is 15.5 Å². The molecular weight excluding hydrogens is 359 g/mol. The first-order valence-corrected chi connectivity index (χ1v) is 8.88. The van der Waals surface area contributed by atoms with E-state index in [1.807, 2.05) is 31.2 Å². The Labute approximate surface area is 157 Å². The van der Waals surface area contributed by atoms with E-state index in [1.165, 1.54) is 0 Å². The number of rotatable bonds is 3. The molecule has 3 rings (SSSR count). The number of aryl methyl sites for hydroxylation is 1.